The fourth-order valence-electron chi connectivity index (χ4n) is 6.44. The van der Waals surface area contributed by atoms with E-state index in [4.69, 9.17) is 0 Å². The van der Waals surface area contributed by atoms with Crippen molar-refractivity contribution in [3.05, 3.63) is 60.0 Å². The van der Waals surface area contributed by atoms with E-state index in [2.05, 4.69) is 51.8 Å². The van der Waals surface area contributed by atoms with Crippen LogP contribution in [0.15, 0.2) is 25.5 Å². The smallest absolute Gasteiger partial charge is 0.260 e. The number of nitrogens with one attached hydrogen (secondary N) is 1. The summed E-state index contributed by atoms with van der Waals surface area (Å²) < 4.78 is 0.177. The average Bonchev–Trinajstić information content (AvgIpc) is 3.67. The lowest BCUT2D eigenvalue weighted by Crippen LogP contribution is -2.38. The molecule has 0 bridgehead atoms. The van der Waals surface area contributed by atoms with Crippen LogP contribution < -0.4 is 5.56 Å². The highest BCUT2D eigenvalue weighted by Crippen LogP contribution is 2.57. The van der Waals surface area contributed by atoms with E-state index < -0.39 is 61.7 Å². The number of oxime groups is 1. The van der Waals surface area contributed by atoms with Gasteiger partial charge in [-0.25, -0.2) is 0 Å². The number of hydrogen-bond acceptors (Lipinski definition) is 11. The summed E-state index contributed by atoms with van der Waals surface area (Å²) in [6.45, 7) is 0. The topological polar surface area (TPSA) is 196 Å². The molecule has 218 valence electrons. The van der Waals surface area contributed by atoms with Gasteiger partial charge in [-0.05, 0) is 53.2 Å². The molecule has 1 saturated carbocycles. The Morgan fingerprint density at radius 3 is 2.40 bits per heavy atom. The van der Waals surface area contributed by atoms with E-state index >= 15 is 0 Å². The highest BCUT2D eigenvalue weighted by Gasteiger charge is 2.61. The molecular weight excluding hydrogens is 694 g/mol. The van der Waals surface area contributed by atoms with E-state index in [0.717, 1.165) is 25.1 Å². The zero-order valence-corrected chi connectivity index (χ0v) is 25.3. The second kappa shape index (κ2) is 9.16. The molecule has 0 radical (unpaired) electrons. The number of carbonyl (C=O) groups is 4. The SMILES string of the molecule is CON=Cc1[nH]c(=O)c2c(O)c3c(c(Br)c2c1O)CC[C@@]31C(=O)c2cc3c(c(O)c2C1=O)C(=O)C(Br)C(=NC1CC1)C3=O. The van der Waals surface area contributed by atoms with E-state index in [0.29, 0.717) is 5.56 Å². The number of hydrogen-bond donors (Lipinski definition) is 4. The number of aromatic nitrogens is 1. The number of alkyl halides is 1. The second-order valence-corrected chi connectivity index (χ2v) is 12.5. The Labute approximate surface area is 257 Å². The third-order valence-corrected chi connectivity index (χ3v) is 10.3. The molecule has 1 aromatic heterocycles. The number of fused-ring (bicyclic) bond motifs is 5. The number of pyridine rings is 1. The van der Waals surface area contributed by atoms with Gasteiger partial charge in [0.25, 0.3) is 5.56 Å². The van der Waals surface area contributed by atoms with Crippen LogP contribution in [0.25, 0.3) is 10.8 Å². The fourth-order valence-corrected chi connectivity index (χ4v) is 7.78. The number of aromatic amines is 1. The number of ketones is 4. The van der Waals surface area contributed by atoms with Crippen molar-refractivity contribution >= 4 is 77.7 Å². The number of benzene rings is 2. The number of rotatable bonds is 3. The van der Waals surface area contributed by atoms with Gasteiger partial charge in [0.1, 0.15) is 46.0 Å². The number of phenolic OH excluding ortho intramolecular Hbond substituents is 2. The van der Waals surface area contributed by atoms with Gasteiger partial charge in [0.05, 0.1) is 28.8 Å². The highest BCUT2D eigenvalue weighted by atomic mass is 79.9. The zero-order valence-electron chi connectivity index (χ0n) is 22.1. The molecule has 43 heavy (non-hydrogen) atoms. The Morgan fingerprint density at radius 1 is 1.00 bits per heavy atom. The van der Waals surface area contributed by atoms with Crippen LogP contribution in [0.1, 0.15) is 77.5 Å². The number of aliphatic imine (C=N–C) groups is 1. The van der Waals surface area contributed by atoms with Crippen LogP contribution >= 0.6 is 31.9 Å². The lowest BCUT2D eigenvalue weighted by atomic mass is 9.76. The first kappa shape index (κ1) is 27.7. The first-order valence-electron chi connectivity index (χ1n) is 13.1. The molecule has 4 N–H and O–H groups in total. The number of H-pyrrole nitrogens is 1. The van der Waals surface area contributed by atoms with Gasteiger partial charge in [-0.15, -0.1) is 0 Å². The quantitative estimate of drug-likeness (QED) is 0.136. The van der Waals surface area contributed by atoms with E-state index in [1.807, 2.05) is 0 Å². The molecular formula is C29H19Br2N3O9. The fraction of sp³-hybridized carbons (Fsp3) is 0.276. The molecule has 0 saturated heterocycles. The molecule has 0 amide bonds. The van der Waals surface area contributed by atoms with E-state index in [1.165, 1.54) is 7.11 Å². The molecule has 3 aromatic rings. The average molecular weight is 713 g/mol. The van der Waals surface area contributed by atoms with Gasteiger partial charge in [-0.2, -0.15) is 0 Å². The monoisotopic (exact) mass is 711 g/mol. The number of phenols is 2. The molecule has 12 nitrogen and oxygen atoms in total. The first-order valence-corrected chi connectivity index (χ1v) is 14.9. The van der Waals surface area contributed by atoms with Crippen molar-refractivity contribution < 1.29 is 39.3 Å². The number of halogens is 2. The van der Waals surface area contributed by atoms with Crippen molar-refractivity contribution in [3.63, 3.8) is 0 Å². The first-order chi connectivity index (χ1) is 20.4. The maximum absolute atomic E-state index is 14.2. The number of carbonyl (C=O) groups excluding carboxylic acids is 4. The van der Waals surface area contributed by atoms with Gasteiger partial charge in [-0.3, -0.25) is 29.0 Å². The number of nitrogens with zero attached hydrogens (tertiary/aromatic N) is 2. The summed E-state index contributed by atoms with van der Waals surface area (Å²) in [6.07, 6.45) is 2.55. The zero-order chi connectivity index (χ0) is 30.7. The Morgan fingerprint density at radius 2 is 1.72 bits per heavy atom. The minimum Gasteiger partial charge on any atom is -0.507 e. The summed E-state index contributed by atoms with van der Waals surface area (Å²) in [5.74, 6) is -4.90. The number of aromatic hydroxyl groups is 3. The van der Waals surface area contributed by atoms with Crippen LogP contribution in [-0.2, 0) is 16.7 Å². The van der Waals surface area contributed by atoms with Gasteiger partial charge < -0.3 is 25.1 Å². The summed E-state index contributed by atoms with van der Waals surface area (Å²) >= 11 is 6.61. The van der Waals surface area contributed by atoms with Gasteiger partial charge in [0.2, 0.25) is 5.78 Å². The van der Waals surface area contributed by atoms with Gasteiger partial charge in [-0.1, -0.05) is 21.1 Å². The second-order valence-electron chi connectivity index (χ2n) is 10.8. The lowest BCUT2D eigenvalue weighted by molar-refractivity contribution is 0.0791. The molecule has 14 heteroatoms. The van der Waals surface area contributed by atoms with Crippen LogP contribution in [0.3, 0.4) is 0 Å². The molecule has 1 fully saturated rings. The maximum atomic E-state index is 14.2. The summed E-state index contributed by atoms with van der Waals surface area (Å²) in [6, 6.07) is 1.06. The van der Waals surface area contributed by atoms with Crippen molar-refractivity contribution in [1.29, 1.82) is 0 Å². The molecule has 1 heterocycles. The third-order valence-electron chi connectivity index (χ3n) is 8.55. The van der Waals surface area contributed by atoms with Crippen molar-refractivity contribution in [3.8, 4) is 17.2 Å². The predicted molar refractivity (Wildman–Crippen MR) is 159 cm³/mol. The molecule has 7 rings (SSSR count). The molecule has 4 aliphatic rings. The van der Waals surface area contributed by atoms with E-state index in [9.17, 15) is 39.3 Å². The van der Waals surface area contributed by atoms with E-state index in [-0.39, 0.29) is 67.8 Å². The molecule has 1 unspecified atom stereocenters. The van der Waals surface area contributed by atoms with Crippen molar-refractivity contribution in [2.45, 2.75) is 42.0 Å². The van der Waals surface area contributed by atoms with Gasteiger partial charge in [0.15, 0.2) is 17.3 Å². The van der Waals surface area contributed by atoms with Crippen LogP contribution in [0.2, 0.25) is 0 Å². The Hall–Kier alpha value is -4.17. The number of Topliss-reactive ketones (excluding diaryl/α,β-unsaturated/α-hetero) is 4. The Bertz CT molecular complexity index is 2040. The van der Waals surface area contributed by atoms with Crippen LogP contribution in [-0.4, -0.2) is 73.3 Å². The minimum atomic E-state index is -2.05. The summed E-state index contributed by atoms with van der Waals surface area (Å²) in [7, 11) is 1.27. The molecule has 2 aromatic carbocycles. The molecule has 0 aliphatic heterocycles. The molecule has 4 aliphatic carbocycles. The van der Waals surface area contributed by atoms with E-state index in [1.54, 1.807) is 0 Å². The molecule has 1 spiro atoms. The lowest BCUT2D eigenvalue weighted by Gasteiger charge is -2.23. The summed E-state index contributed by atoms with van der Waals surface area (Å²) in [5.41, 5.74) is -4.20. The predicted octanol–water partition coefficient (Wildman–Crippen LogP) is 3.40. The van der Waals surface area contributed by atoms with Crippen molar-refractivity contribution in [2.24, 2.45) is 10.1 Å². The maximum Gasteiger partial charge on any atom is 0.260 e. The Kier molecular flexibility index (Phi) is 5.89. The van der Waals surface area contributed by atoms with Crippen molar-refractivity contribution in [2.75, 3.05) is 7.11 Å². The van der Waals surface area contributed by atoms with Crippen LogP contribution in [0.5, 0.6) is 17.2 Å². The normalized spacial score (nSPS) is 23.6. The van der Waals surface area contributed by atoms with Gasteiger partial charge in [0, 0.05) is 26.5 Å². The summed E-state index contributed by atoms with van der Waals surface area (Å²) in [4.78, 5) is 78.6. The Balaban J connectivity index is 1.46. The largest absolute Gasteiger partial charge is 0.507 e. The van der Waals surface area contributed by atoms with Gasteiger partial charge >= 0.3 is 0 Å². The third kappa shape index (κ3) is 3.44. The highest BCUT2D eigenvalue weighted by molar-refractivity contribution is 9.10. The summed E-state index contributed by atoms with van der Waals surface area (Å²) in [5, 5.41) is 36.9. The van der Waals surface area contributed by atoms with Crippen molar-refractivity contribution in [1.82, 2.24) is 4.98 Å². The van der Waals surface area contributed by atoms with Crippen LogP contribution in [0.4, 0.5) is 0 Å². The minimum absolute atomic E-state index is 0.0287. The standard InChI is InChI=1S/C29H19Br2N3O9/c1-43-32-7-12-22(36)15-16(28(42)34-12)24(38)17-9(18(15)30)4-5-29(17)26(40)11-6-10-13(23(37)14(11)27(29)41)25(39)19(31)20(21(10)35)33-8-2-3-8/h6-8,19,36-38H,2-5H2,1H3,(H,34,42)/t19?,29-/m0/s1. The molecule has 2 atom stereocenters. The van der Waals surface area contributed by atoms with Crippen LogP contribution in [0, 0.1) is 0 Å².